The second kappa shape index (κ2) is 9.11. The van der Waals surface area contributed by atoms with Crippen molar-refractivity contribution in [3.8, 4) is 17.5 Å². The van der Waals surface area contributed by atoms with Crippen molar-refractivity contribution in [2.75, 3.05) is 37.9 Å². The largest absolute Gasteiger partial charge is 0.381 e. The first-order valence-electron chi connectivity index (χ1n) is 10.6. The highest BCUT2D eigenvalue weighted by atomic mass is 127. The smallest absolute Gasteiger partial charge is 0.130 e. The Bertz CT molecular complexity index is 1190. The summed E-state index contributed by atoms with van der Waals surface area (Å²) in [4.78, 5) is 7.42. The van der Waals surface area contributed by atoms with Crippen LogP contribution in [0.2, 0.25) is 0 Å². The Balaban J connectivity index is 1.75. The maximum Gasteiger partial charge on any atom is 0.130 e. The Morgan fingerprint density at radius 3 is 2.81 bits per heavy atom. The molecule has 0 N–H and O–H groups in total. The fraction of sp³-hybridized carbons (Fsp3) is 0.524. The third kappa shape index (κ3) is 3.82. The number of morpholine rings is 1. The molecule has 11 heteroatoms. The molecule has 5 rings (SSSR count). The van der Waals surface area contributed by atoms with Crippen LogP contribution in [-0.2, 0) is 14.9 Å². The summed E-state index contributed by atoms with van der Waals surface area (Å²) in [5.74, 6) is 0.894. The van der Waals surface area contributed by atoms with Gasteiger partial charge in [0.05, 0.1) is 53.2 Å². The van der Waals surface area contributed by atoms with Gasteiger partial charge in [-0.05, 0) is 78.0 Å². The molecule has 1 unspecified atom stereocenters. The highest BCUT2D eigenvalue weighted by molar-refractivity contribution is 14.2. The van der Waals surface area contributed by atoms with Gasteiger partial charge in [-0.3, -0.25) is 0 Å². The normalized spacial score (nSPS) is 21.4. The van der Waals surface area contributed by atoms with Crippen molar-refractivity contribution in [2.24, 2.45) is 0 Å². The zero-order chi connectivity index (χ0) is 22.3. The molecule has 2 aliphatic heterocycles. The first-order valence-corrected chi connectivity index (χ1v) is 15.5. The molecule has 2 saturated heterocycles. The van der Waals surface area contributed by atoms with E-state index in [0.717, 1.165) is 45.2 Å². The molecule has 3 aromatic rings. The van der Waals surface area contributed by atoms with Crippen molar-refractivity contribution in [1.82, 2.24) is 18.9 Å². The first-order chi connectivity index (χ1) is 15.6. The summed E-state index contributed by atoms with van der Waals surface area (Å²) in [7, 11) is 0. The Labute approximate surface area is 205 Å². The van der Waals surface area contributed by atoms with E-state index in [9.17, 15) is 5.26 Å². The van der Waals surface area contributed by atoms with Gasteiger partial charge in [-0.1, -0.05) is 0 Å². The molecule has 2 fully saturated rings. The Morgan fingerprint density at radius 2 is 2.09 bits per heavy atom. The number of nitrogens with zero attached hydrogens (tertiary/aromatic N) is 6. The van der Waals surface area contributed by atoms with Gasteiger partial charge >= 0.3 is 0 Å². The van der Waals surface area contributed by atoms with E-state index < -0.39 is 5.41 Å². The average molecular weight is 582 g/mol. The van der Waals surface area contributed by atoms with Crippen molar-refractivity contribution < 1.29 is 9.47 Å². The van der Waals surface area contributed by atoms with Crippen molar-refractivity contribution >= 4 is 56.0 Å². The molecule has 2 aliphatic rings. The van der Waals surface area contributed by atoms with E-state index in [0.29, 0.717) is 45.6 Å². The van der Waals surface area contributed by atoms with Crippen molar-refractivity contribution in [3.05, 3.63) is 23.4 Å². The second-order valence-electron chi connectivity index (χ2n) is 8.33. The Kier molecular flexibility index (Phi) is 6.38. The van der Waals surface area contributed by atoms with Crippen LogP contribution in [0, 0.1) is 18.3 Å². The summed E-state index contributed by atoms with van der Waals surface area (Å²) >= 11 is 3.78. The summed E-state index contributed by atoms with van der Waals surface area (Å²) in [6.07, 6.45) is 1.83. The molecule has 0 amide bonds. The maximum atomic E-state index is 10.3. The number of anilines is 1. The third-order valence-electron chi connectivity index (χ3n) is 6.30. The van der Waals surface area contributed by atoms with E-state index in [4.69, 9.17) is 18.8 Å². The molecular weight excluding hydrogens is 558 g/mol. The molecule has 8 nitrogen and oxygen atoms in total. The molecule has 5 heterocycles. The SMILES string of the molecule is Cc1cc(-c2nsc3c(C4(C#N)CCOCC4)cc(N4CCOC[C@H]4C)nc23)n(PI)n1. The van der Waals surface area contributed by atoms with Gasteiger partial charge in [0.1, 0.15) is 17.0 Å². The van der Waals surface area contributed by atoms with Crippen molar-refractivity contribution in [1.29, 1.82) is 5.26 Å². The van der Waals surface area contributed by atoms with E-state index in [1.807, 2.05) is 11.4 Å². The molecule has 0 bridgehead atoms. The van der Waals surface area contributed by atoms with Crippen LogP contribution in [0.1, 0.15) is 31.0 Å². The van der Waals surface area contributed by atoms with Crippen LogP contribution in [0.5, 0.6) is 0 Å². The van der Waals surface area contributed by atoms with Crippen molar-refractivity contribution in [2.45, 2.75) is 38.1 Å². The lowest BCUT2D eigenvalue weighted by Crippen LogP contribution is -2.44. The lowest BCUT2D eigenvalue weighted by atomic mass is 9.75. The fourth-order valence-electron chi connectivity index (χ4n) is 4.54. The predicted molar refractivity (Wildman–Crippen MR) is 136 cm³/mol. The zero-order valence-corrected chi connectivity index (χ0v) is 21.9. The van der Waals surface area contributed by atoms with Gasteiger partial charge < -0.3 is 14.4 Å². The van der Waals surface area contributed by atoms with Crippen LogP contribution >= 0.6 is 39.9 Å². The molecule has 0 aromatic carbocycles. The molecule has 168 valence electrons. The lowest BCUT2D eigenvalue weighted by molar-refractivity contribution is 0.0679. The maximum absolute atomic E-state index is 10.3. The van der Waals surface area contributed by atoms with Crippen LogP contribution < -0.4 is 4.90 Å². The number of aryl methyl sites for hydroxylation is 1. The molecule has 0 spiro atoms. The van der Waals surface area contributed by atoms with Gasteiger partial charge in [0.15, 0.2) is 0 Å². The summed E-state index contributed by atoms with van der Waals surface area (Å²) in [5.41, 5.74) is 4.09. The standard InChI is InChI=1S/C21H24IN6O2PS/c1-13-9-16(28(25-13)31-22)18-19-20(32-26-18)15(21(12-23)3-6-29-7-4-21)10-17(24-19)27-5-8-30-11-14(27)2/h9-10,14,31H,3-8,11H2,1-2H3/t14-/m1/s1. The lowest BCUT2D eigenvalue weighted by Gasteiger charge is -2.36. The minimum atomic E-state index is -0.589. The molecule has 3 aromatic heterocycles. The van der Waals surface area contributed by atoms with Gasteiger partial charge in [0, 0.05) is 19.8 Å². The second-order valence-corrected chi connectivity index (χ2v) is 11.1. The topological polar surface area (TPSA) is 89.1 Å². The van der Waals surface area contributed by atoms with Crippen LogP contribution in [-0.4, -0.2) is 57.9 Å². The van der Waals surface area contributed by atoms with Crippen LogP contribution in [0.15, 0.2) is 12.1 Å². The fourth-order valence-corrected chi connectivity index (χ4v) is 7.04. The van der Waals surface area contributed by atoms with Gasteiger partial charge in [0.2, 0.25) is 0 Å². The molecular formula is C21H24IN6O2PS. The number of ether oxygens (including phenoxy) is 2. The third-order valence-corrected chi connectivity index (χ3v) is 9.05. The molecule has 0 radical (unpaired) electrons. The average Bonchev–Trinajstić information content (AvgIpc) is 3.41. The van der Waals surface area contributed by atoms with Gasteiger partial charge in [-0.2, -0.15) is 14.7 Å². The van der Waals surface area contributed by atoms with E-state index in [1.54, 1.807) is 0 Å². The highest BCUT2D eigenvalue weighted by Crippen LogP contribution is 2.44. The Morgan fingerprint density at radius 1 is 1.28 bits per heavy atom. The summed E-state index contributed by atoms with van der Waals surface area (Å²) in [6, 6.07) is 7.07. The molecule has 0 aliphatic carbocycles. The quantitative estimate of drug-likeness (QED) is 0.332. The van der Waals surface area contributed by atoms with Crippen LogP contribution in [0.4, 0.5) is 5.82 Å². The number of hydrogen-bond acceptors (Lipinski definition) is 8. The van der Waals surface area contributed by atoms with Crippen LogP contribution in [0.3, 0.4) is 0 Å². The molecule has 2 atom stereocenters. The Hall–Kier alpha value is -1.38. The minimum absolute atomic E-state index is 0.216. The molecule has 32 heavy (non-hydrogen) atoms. The monoisotopic (exact) mass is 582 g/mol. The number of halogens is 1. The number of hydrogen-bond donors (Lipinski definition) is 0. The number of fused-ring (bicyclic) bond motifs is 1. The summed E-state index contributed by atoms with van der Waals surface area (Å²) in [6.45, 7) is 7.46. The zero-order valence-electron chi connectivity index (χ0n) is 18.0. The van der Waals surface area contributed by atoms with E-state index in [2.05, 4.69) is 57.2 Å². The summed E-state index contributed by atoms with van der Waals surface area (Å²) < 4.78 is 19.1. The molecule has 0 saturated carbocycles. The van der Waals surface area contributed by atoms with Crippen LogP contribution in [0.25, 0.3) is 21.6 Å². The van der Waals surface area contributed by atoms with Crippen molar-refractivity contribution in [3.63, 3.8) is 0 Å². The predicted octanol–water partition coefficient (Wildman–Crippen LogP) is 4.45. The van der Waals surface area contributed by atoms with E-state index in [-0.39, 0.29) is 6.04 Å². The number of aromatic nitrogens is 4. The number of rotatable bonds is 4. The first kappa shape index (κ1) is 22.4. The van der Waals surface area contributed by atoms with E-state index in [1.165, 1.54) is 11.5 Å². The van der Waals surface area contributed by atoms with Gasteiger partial charge in [-0.15, -0.1) is 0 Å². The highest BCUT2D eigenvalue weighted by Gasteiger charge is 2.38. The minimum Gasteiger partial charge on any atom is -0.381 e. The number of nitriles is 1. The van der Waals surface area contributed by atoms with E-state index >= 15 is 0 Å². The number of pyridine rings is 1. The van der Waals surface area contributed by atoms with Gasteiger partial charge in [0.25, 0.3) is 0 Å². The summed E-state index contributed by atoms with van der Waals surface area (Å²) in [5, 5.41) is 14.9. The van der Waals surface area contributed by atoms with Gasteiger partial charge in [-0.25, -0.2) is 9.44 Å².